The largest absolute Gasteiger partial charge is 0.668 e. The summed E-state index contributed by atoms with van der Waals surface area (Å²) >= 11 is 0. The second-order valence-electron chi connectivity index (χ2n) is 0.962. The zero-order valence-corrected chi connectivity index (χ0v) is 27.9. The van der Waals surface area contributed by atoms with Gasteiger partial charge in [0.1, 0.15) is 0 Å². The number of hydrogen-bond acceptors (Lipinski definition) is 1. The Bertz CT molecular complexity index is 67.7. The number of rotatable bonds is 2. The average molecular weight is 1390 g/mol. The molecule has 0 rings (SSSR count). The maximum Gasteiger partial charge on any atom is 0.0491 e. The Morgan fingerprint density at radius 3 is 1.15 bits per heavy atom. The fourth-order valence-corrected chi connectivity index (χ4v) is 0.393. The Morgan fingerprint density at radius 1 is 0.923 bits per heavy atom. The molecule has 78 valence electrons. The molecule has 0 spiro atoms. The van der Waals surface area contributed by atoms with Crippen molar-refractivity contribution in [3.8, 4) is 0 Å². The Balaban J connectivity index is -0.00000000595. The van der Waals surface area contributed by atoms with Crippen LogP contribution >= 0.6 is 9.24 Å². The zero-order valence-electron chi connectivity index (χ0n) is 6.26. The van der Waals surface area contributed by atoms with Gasteiger partial charge in [0.05, 0.1) is 0 Å². The molecule has 0 aromatic heterocycles. The molecule has 1 unspecified atom stereocenters. The van der Waals surface area contributed by atoms with Gasteiger partial charge in [-0.1, -0.05) is 0 Å². The van der Waals surface area contributed by atoms with Gasteiger partial charge in [-0.05, 0) is 12.6 Å². The molecule has 1 N–H and O–H groups in total. The Morgan fingerprint density at radius 2 is 1.15 bits per heavy atom. The predicted molar refractivity (Wildman–Crippen MR) is 28.5 cm³/mol. The van der Waals surface area contributed by atoms with Gasteiger partial charge in [0.2, 0.25) is 0 Å². The minimum Gasteiger partial charge on any atom is -0.668 e. The van der Waals surface area contributed by atoms with Crippen molar-refractivity contribution in [2.24, 2.45) is 0 Å². The maximum absolute atomic E-state index is 9.70. The van der Waals surface area contributed by atoms with E-state index in [1.165, 1.54) is 0 Å². The third-order valence-electron chi connectivity index (χ3n) is 0.371. The molecule has 0 aromatic rings. The van der Waals surface area contributed by atoms with Gasteiger partial charge < -0.3 is 10.5 Å². The molecule has 13 heavy (non-hydrogen) atoms. The first-order valence-electron chi connectivity index (χ1n) is 1.72. The van der Waals surface area contributed by atoms with Gasteiger partial charge in [-0.15, -0.1) is 9.24 Å². The van der Waals surface area contributed by atoms with Crippen LogP contribution < -0.4 is 0 Å². The molecule has 0 radical (unpaired) electrons. The van der Waals surface area contributed by atoms with Gasteiger partial charge in [0, 0.05) is 153 Å². The fourth-order valence-electron chi connectivity index (χ4n) is 0.131. The molecule has 10 heteroatoms. The first-order valence-corrected chi connectivity index (χ1v) is 2.53. The van der Waals surface area contributed by atoms with Crippen molar-refractivity contribution >= 4 is 15.1 Å². The zero-order chi connectivity index (χ0) is 4.99. The topological polar surface area (TPSA) is 40.9 Å². The molecule has 0 fully saturated rings. The molecule has 0 aliphatic carbocycles. The van der Waals surface area contributed by atoms with Crippen LogP contribution in [0.15, 0.2) is 0 Å². The van der Waals surface area contributed by atoms with Crippen LogP contribution in [-0.4, -0.2) is 12.1 Å². The maximum atomic E-state index is 9.70. The Labute approximate surface area is 182 Å². The van der Waals surface area contributed by atoms with Crippen molar-refractivity contribution in [2.45, 2.75) is 6.42 Å². The first-order chi connectivity index (χ1) is 2.77. The van der Waals surface area contributed by atoms with Crippen LogP contribution in [-0.2, 0) is 152 Å². The summed E-state index contributed by atoms with van der Waals surface area (Å²) in [6.07, 6.45) is 1.08. The van der Waals surface area contributed by atoms with Crippen molar-refractivity contribution in [3.63, 3.8) is 0 Å². The molecule has 0 aliphatic heterocycles. The Hall–Kier alpha value is 4.72. The van der Waals surface area contributed by atoms with E-state index in [0.717, 1.165) is 0 Å². The average Bonchev–Trinajstić information content (AvgIpc) is 1.35. The summed E-state index contributed by atoms with van der Waals surface area (Å²) in [6.45, 7) is 0. The second-order valence-corrected chi connectivity index (χ2v) is 1.54. The van der Waals surface area contributed by atoms with Gasteiger partial charge in [-0.3, -0.25) is 0 Å². The number of carbonyl (C=O) groups is 1. The van der Waals surface area contributed by atoms with Gasteiger partial charge in [0.25, 0.3) is 0 Å². The summed E-state index contributed by atoms with van der Waals surface area (Å²) < 4.78 is 0. The Kier molecular flexibility index (Phi) is 176. The summed E-state index contributed by atoms with van der Waals surface area (Å²) in [6, 6.07) is 0. The van der Waals surface area contributed by atoms with E-state index in [4.69, 9.17) is 5.73 Å². The molecule has 0 aliphatic rings. The molecular weight excluding hydrogens is 1380 g/mol. The van der Waals surface area contributed by atoms with Crippen molar-refractivity contribution in [1.82, 2.24) is 0 Å². The van der Waals surface area contributed by atoms with Gasteiger partial charge in [-0.2, -0.15) is 0 Å². The molecule has 1 atom stereocenters. The van der Waals surface area contributed by atoms with Crippen molar-refractivity contribution < 1.29 is 152 Å². The minimum absolute atomic E-state index is 0. The van der Waals surface area contributed by atoms with E-state index >= 15 is 0 Å². The molecule has 2 nitrogen and oxygen atoms in total. The van der Waals surface area contributed by atoms with E-state index in [1.807, 2.05) is 0 Å². The van der Waals surface area contributed by atoms with E-state index in [1.54, 1.807) is 0 Å². The van der Waals surface area contributed by atoms with E-state index in [9.17, 15) is 4.79 Å². The summed E-state index contributed by atoms with van der Waals surface area (Å²) in [5.41, 5.74) is 6.33. The normalized spacial score (nSPS) is 3.77. The van der Waals surface area contributed by atoms with Crippen LogP contribution in [0.5, 0.6) is 0 Å². The molecule has 0 saturated carbocycles. The van der Waals surface area contributed by atoms with E-state index in [-0.39, 0.29) is 147 Å². The summed E-state index contributed by atoms with van der Waals surface area (Å²) in [5.74, 6) is -0.481. The minimum atomic E-state index is -0.481. The van der Waals surface area contributed by atoms with Crippen LogP contribution in [0.25, 0.3) is 5.73 Å². The van der Waals surface area contributed by atoms with Crippen LogP contribution in [0.4, 0.5) is 0 Å². The van der Waals surface area contributed by atoms with Gasteiger partial charge in [-0.25, -0.2) is 0 Å². The molecule has 1 amide bonds. The van der Waals surface area contributed by atoms with Crippen LogP contribution in [0.2, 0.25) is 0 Å². The summed E-state index contributed by atoms with van der Waals surface area (Å²) in [4.78, 5) is 9.70. The number of hydrogen-bond donors (Lipinski definition) is 0. The summed E-state index contributed by atoms with van der Waals surface area (Å²) in [7, 11) is 2.38. The quantitative estimate of drug-likeness (QED) is 0.379. The number of carbonyl (C=O) groups excluding carboxylic acids is 1. The van der Waals surface area contributed by atoms with Crippen molar-refractivity contribution in [3.05, 3.63) is 5.73 Å². The molecular formula is C3H7NOPW7-. The van der Waals surface area contributed by atoms with Crippen LogP contribution in [0.1, 0.15) is 6.42 Å². The standard InChI is InChI=1S/C3H8NOP.7W/c4-3(5)1-2-6;;;;;;;/h1-2,6H2,(H2,4,5);;;;;;;/p-1. The van der Waals surface area contributed by atoms with E-state index in [2.05, 4.69) is 9.24 Å². The smallest absolute Gasteiger partial charge is 0.0491 e. The SMILES string of the molecule is [NH-]C(=O)CCP.[W].[W].[W].[W].[W].[W].[W]. The number of nitrogens with one attached hydrogen (secondary N) is 1. The monoisotopic (exact) mass is 1390 g/mol. The van der Waals surface area contributed by atoms with Crippen LogP contribution in [0.3, 0.4) is 0 Å². The second kappa shape index (κ2) is 43.7. The number of amides is 1. The van der Waals surface area contributed by atoms with Gasteiger partial charge in [0.15, 0.2) is 0 Å². The van der Waals surface area contributed by atoms with Gasteiger partial charge >= 0.3 is 0 Å². The van der Waals surface area contributed by atoms with E-state index in [0.29, 0.717) is 12.6 Å². The molecule has 0 saturated heterocycles. The first kappa shape index (κ1) is 52.4. The third kappa shape index (κ3) is 60.8. The van der Waals surface area contributed by atoms with E-state index < -0.39 is 5.91 Å². The van der Waals surface area contributed by atoms with Crippen LogP contribution in [0, 0.1) is 0 Å². The molecule has 0 bridgehead atoms. The summed E-state index contributed by atoms with van der Waals surface area (Å²) in [5, 5.41) is 0. The fraction of sp³-hybridized carbons (Fsp3) is 0.667. The molecule has 0 aromatic carbocycles. The van der Waals surface area contributed by atoms with Crippen molar-refractivity contribution in [1.29, 1.82) is 0 Å². The molecule has 0 heterocycles. The van der Waals surface area contributed by atoms with Crippen molar-refractivity contribution in [2.75, 3.05) is 6.16 Å². The predicted octanol–water partition coefficient (Wildman–Crippen LogP) is 0.813. The third-order valence-corrected chi connectivity index (χ3v) is 0.660.